The fourth-order valence-corrected chi connectivity index (χ4v) is 2.28. The molecule has 3 nitrogen and oxygen atoms in total. The van der Waals surface area contributed by atoms with E-state index in [-0.39, 0.29) is 5.56 Å². The molecule has 5 heteroatoms. The summed E-state index contributed by atoms with van der Waals surface area (Å²) >= 11 is 4.96. The van der Waals surface area contributed by atoms with Gasteiger partial charge in [-0.15, -0.1) is 0 Å². The van der Waals surface area contributed by atoms with Gasteiger partial charge in [0.2, 0.25) is 0 Å². The number of nitrogens with zero attached hydrogens (tertiary/aromatic N) is 1. The predicted molar refractivity (Wildman–Crippen MR) is 61.8 cm³/mol. The first-order valence-corrected chi connectivity index (χ1v) is 6.68. The fraction of sp³-hybridized carbons (Fsp3) is 0.556. The van der Waals surface area contributed by atoms with Gasteiger partial charge < -0.3 is 4.98 Å². The molecule has 1 saturated carbocycles. The van der Waals surface area contributed by atoms with E-state index in [0.717, 1.165) is 30.1 Å². The molecule has 1 heterocycles. The molecule has 2 rings (SSSR count). The highest BCUT2D eigenvalue weighted by atomic mass is 79.9. The Hall–Kier alpha value is -0.290. The Bertz CT molecular complexity index is 400. The van der Waals surface area contributed by atoms with Crippen LogP contribution in [-0.4, -0.2) is 16.2 Å². The van der Waals surface area contributed by atoms with Gasteiger partial charge in [0, 0.05) is 5.92 Å². The summed E-state index contributed by atoms with van der Waals surface area (Å²) in [7, 11) is 0. The Morgan fingerprint density at radius 1 is 1.64 bits per heavy atom. The second-order valence-corrected chi connectivity index (χ2v) is 5.08. The monoisotopic (exact) mass is 274 g/mol. The first-order chi connectivity index (χ1) is 6.72. The smallest absolute Gasteiger partial charge is 0.265 e. The van der Waals surface area contributed by atoms with Crippen LogP contribution in [0.15, 0.2) is 9.27 Å². The van der Waals surface area contributed by atoms with E-state index < -0.39 is 0 Å². The Morgan fingerprint density at radius 2 is 2.36 bits per heavy atom. The van der Waals surface area contributed by atoms with Crippen LogP contribution in [0.1, 0.15) is 30.3 Å². The lowest BCUT2D eigenvalue weighted by Crippen LogP contribution is -2.14. The molecule has 1 aromatic heterocycles. The van der Waals surface area contributed by atoms with E-state index in [0.29, 0.717) is 10.4 Å². The highest BCUT2D eigenvalue weighted by Crippen LogP contribution is 2.41. The van der Waals surface area contributed by atoms with E-state index in [1.165, 1.54) is 0 Å². The van der Waals surface area contributed by atoms with E-state index >= 15 is 0 Å². The lowest BCUT2D eigenvalue weighted by Gasteiger charge is -2.03. The molecule has 14 heavy (non-hydrogen) atoms. The molecule has 76 valence electrons. The lowest BCUT2D eigenvalue weighted by molar-refractivity contribution is 0.899. The minimum Gasteiger partial charge on any atom is -0.309 e. The van der Waals surface area contributed by atoms with E-state index in [1.807, 2.05) is 6.26 Å². The molecule has 0 bridgehead atoms. The van der Waals surface area contributed by atoms with E-state index in [1.54, 1.807) is 11.8 Å². The molecule has 0 unspecified atom stereocenters. The average Bonchev–Trinajstić information content (AvgIpc) is 2.94. The van der Waals surface area contributed by atoms with Crippen molar-refractivity contribution in [3.05, 3.63) is 26.3 Å². The zero-order chi connectivity index (χ0) is 10.1. The van der Waals surface area contributed by atoms with Crippen molar-refractivity contribution in [2.45, 2.75) is 24.5 Å². The van der Waals surface area contributed by atoms with Crippen LogP contribution in [0.25, 0.3) is 0 Å². The second kappa shape index (κ2) is 4.06. The summed E-state index contributed by atoms with van der Waals surface area (Å²) < 4.78 is 0.616. The number of halogens is 1. The summed E-state index contributed by atoms with van der Waals surface area (Å²) in [6.45, 7) is 0. The van der Waals surface area contributed by atoms with Gasteiger partial charge in [0.05, 0.1) is 11.4 Å². The van der Waals surface area contributed by atoms with Crippen molar-refractivity contribution in [2.24, 2.45) is 0 Å². The summed E-state index contributed by atoms with van der Waals surface area (Å²) in [5.41, 5.74) is 0.892. The molecule has 1 aromatic rings. The Balaban J connectivity index is 2.41. The van der Waals surface area contributed by atoms with Gasteiger partial charge in [0.1, 0.15) is 10.3 Å². The van der Waals surface area contributed by atoms with Crippen LogP contribution in [0.4, 0.5) is 0 Å². The van der Waals surface area contributed by atoms with Crippen LogP contribution in [0.2, 0.25) is 0 Å². The quantitative estimate of drug-likeness (QED) is 0.920. The minimum absolute atomic E-state index is 0.0500. The predicted octanol–water partition coefficient (Wildman–Crippen LogP) is 2.27. The van der Waals surface area contributed by atoms with Gasteiger partial charge in [0.15, 0.2) is 0 Å². The molecule has 1 aliphatic rings. The second-order valence-electron chi connectivity index (χ2n) is 3.42. The number of aromatic amines is 1. The number of thioether (sulfide) groups is 1. The van der Waals surface area contributed by atoms with Crippen LogP contribution < -0.4 is 5.56 Å². The lowest BCUT2D eigenvalue weighted by atomic mass is 10.3. The molecule has 0 radical (unpaired) electrons. The third-order valence-electron chi connectivity index (χ3n) is 2.18. The summed E-state index contributed by atoms with van der Waals surface area (Å²) in [5, 5.41) is 0. The van der Waals surface area contributed by atoms with Gasteiger partial charge in [-0.1, -0.05) is 0 Å². The topological polar surface area (TPSA) is 45.8 Å². The molecule has 0 aromatic carbocycles. The number of H-pyrrole nitrogens is 1. The first-order valence-electron chi connectivity index (χ1n) is 4.50. The molecule has 1 fully saturated rings. The van der Waals surface area contributed by atoms with Crippen molar-refractivity contribution < 1.29 is 0 Å². The van der Waals surface area contributed by atoms with Gasteiger partial charge in [-0.05, 0) is 35.0 Å². The molecule has 0 atom stereocenters. The molecular formula is C9H11BrN2OS. The highest BCUT2D eigenvalue weighted by Gasteiger charge is 2.28. The molecule has 1 aliphatic carbocycles. The summed E-state index contributed by atoms with van der Waals surface area (Å²) in [6, 6.07) is 0. The molecule has 0 amide bonds. The van der Waals surface area contributed by atoms with Gasteiger partial charge in [-0.3, -0.25) is 4.79 Å². The number of rotatable bonds is 3. The molecule has 0 spiro atoms. The van der Waals surface area contributed by atoms with Crippen molar-refractivity contribution >= 4 is 27.7 Å². The van der Waals surface area contributed by atoms with Gasteiger partial charge >= 0.3 is 0 Å². The van der Waals surface area contributed by atoms with Crippen molar-refractivity contribution in [1.82, 2.24) is 9.97 Å². The Morgan fingerprint density at radius 3 is 2.93 bits per heavy atom. The molecule has 0 aliphatic heterocycles. The van der Waals surface area contributed by atoms with Gasteiger partial charge in [-0.25, -0.2) is 4.98 Å². The number of nitrogens with one attached hydrogen (secondary N) is 1. The minimum atomic E-state index is -0.0500. The first kappa shape index (κ1) is 10.2. The highest BCUT2D eigenvalue weighted by molar-refractivity contribution is 9.10. The number of hydrogen-bond donors (Lipinski definition) is 1. The van der Waals surface area contributed by atoms with Crippen molar-refractivity contribution in [1.29, 1.82) is 0 Å². The molecule has 0 saturated heterocycles. The maximum atomic E-state index is 11.5. The summed E-state index contributed by atoms with van der Waals surface area (Å²) in [4.78, 5) is 18.7. The van der Waals surface area contributed by atoms with Crippen LogP contribution >= 0.6 is 27.7 Å². The largest absolute Gasteiger partial charge is 0.309 e. The zero-order valence-corrected chi connectivity index (χ0v) is 10.2. The SMILES string of the molecule is CSCc1nc(C2CC2)c(Br)c(=O)[nH]1. The van der Waals surface area contributed by atoms with Gasteiger partial charge in [0.25, 0.3) is 5.56 Å². The fourth-order valence-electron chi connectivity index (χ4n) is 1.36. The number of aromatic nitrogens is 2. The number of hydrogen-bond acceptors (Lipinski definition) is 3. The normalized spacial score (nSPS) is 15.9. The van der Waals surface area contributed by atoms with E-state index in [9.17, 15) is 4.79 Å². The third kappa shape index (κ3) is 2.03. The third-order valence-corrected chi connectivity index (χ3v) is 3.51. The maximum absolute atomic E-state index is 11.5. The zero-order valence-electron chi connectivity index (χ0n) is 7.84. The van der Waals surface area contributed by atoms with Crippen LogP contribution in [0.3, 0.4) is 0 Å². The molecular weight excluding hydrogens is 264 g/mol. The van der Waals surface area contributed by atoms with Crippen molar-refractivity contribution in [2.75, 3.05) is 6.26 Å². The van der Waals surface area contributed by atoms with E-state index in [4.69, 9.17) is 0 Å². The standard InChI is InChI=1S/C9H11BrN2OS/c1-14-4-6-11-8(5-2-3-5)7(10)9(13)12-6/h5H,2-4H2,1H3,(H,11,12,13). The molecule has 1 N–H and O–H groups in total. The van der Waals surface area contributed by atoms with Crippen LogP contribution in [0.5, 0.6) is 0 Å². The Labute approximate surface area is 94.8 Å². The van der Waals surface area contributed by atoms with Crippen LogP contribution in [-0.2, 0) is 5.75 Å². The van der Waals surface area contributed by atoms with Crippen LogP contribution in [0, 0.1) is 0 Å². The summed E-state index contributed by atoms with van der Waals surface area (Å²) in [6.07, 6.45) is 4.32. The van der Waals surface area contributed by atoms with Crippen molar-refractivity contribution in [3.8, 4) is 0 Å². The average molecular weight is 275 g/mol. The summed E-state index contributed by atoms with van der Waals surface area (Å²) in [5.74, 6) is 2.06. The maximum Gasteiger partial charge on any atom is 0.265 e. The van der Waals surface area contributed by atoms with Crippen molar-refractivity contribution in [3.63, 3.8) is 0 Å². The Kier molecular flexibility index (Phi) is 2.97. The van der Waals surface area contributed by atoms with Gasteiger partial charge in [-0.2, -0.15) is 11.8 Å². The van der Waals surface area contributed by atoms with E-state index in [2.05, 4.69) is 25.9 Å².